The maximum absolute atomic E-state index is 14.3. The number of hydrogen-bond acceptors (Lipinski definition) is 5. The standard InChI is InChI=1S/C33H48N4O5/c1-9-10-11-12-19-37(31(40)25(20-26(34)38)35-32(41)42-33(6,7)8)29(27-21(2)15-13-16-22(27)3)30(39)36-28-23(4)17-14-18-24(28)5/h13-18,25,29H,9-12,19-20H2,1-8H3,(H2,34,38)(H,35,41)(H,36,39). The van der Waals surface area contributed by atoms with Crippen LogP contribution in [0, 0.1) is 27.7 Å². The summed E-state index contributed by atoms with van der Waals surface area (Å²) in [5, 5.41) is 5.63. The van der Waals surface area contributed by atoms with Crippen molar-refractivity contribution >= 4 is 29.5 Å². The van der Waals surface area contributed by atoms with Crippen LogP contribution in [0.15, 0.2) is 36.4 Å². The molecule has 0 saturated carbocycles. The highest BCUT2D eigenvalue weighted by atomic mass is 16.6. The highest BCUT2D eigenvalue weighted by molar-refractivity contribution is 6.00. The molecule has 9 nitrogen and oxygen atoms in total. The lowest BCUT2D eigenvalue weighted by molar-refractivity contribution is -0.142. The quantitative estimate of drug-likeness (QED) is 0.259. The lowest BCUT2D eigenvalue weighted by Gasteiger charge is -2.36. The predicted molar refractivity (Wildman–Crippen MR) is 166 cm³/mol. The molecule has 0 aliphatic rings. The number of nitrogens with zero attached hydrogens (tertiary/aromatic N) is 1. The number of hydrogen-bond donors (Lipinski definition) is 3. The lowest BCUT2D eigenvalue weighted by atomic mass is 9.93. The van der Waals surface area contributed by atoms with Crippen molar-refractivity contribution in [1.82, 2.24) is 10.2 Å². The molecule has 0 aliphatic heterocycles. The predicted octanol–water partition coefficient (Wildman–Crippen LogP) is 5.78. The molecule has 2 aromatic rings. The molecule has 0 aliphatic carbocycles. The first kappa shape index (κ1) is 34.3. The van der Waals surface area contributed by atoms with E-state index in [0.717, 1.165) is 41.5 Å². The molecule has 0 radical (unpaired) electrons. The number of primary amides is 1. The SMILES string of the molecule is CCCCCCN(C(=O)C(CC(N)=O)NC(=O)OC(C)(C)C)C(C(=O)Nc1c(C)cccc1C)c1c(C)cccc1C. The summed E-state index contributed by atoms with van der Waals surface area (Å²) in [6.07, 6.45) is 2.14. The zero-order valence-corrected chi connectivity index (χ0v) is 26.4. The van der Waals surface area contributed by atoms with Gasteiger partial charge in [-0.05, 0) is 82.7 Å². The molecule has 0 saturated heterocycles. The van der Waals surface area contributed by atoms with Crippen LogP contribution in [0.4, 0.5) is 10.5 Å². The van der Waals surface area contributed by atoms with E-state index in [2.05, 4.69) is 17.6 Å². The number of aryl methyl sites for hydroxylation is 4. The minimum atomic E-state index is -1.32. The van der Waals surface area contributed by atoms with Crippen LogP contribution in [0.2, 0.25) is 0 Å². The van der Waals surface area contributed by atoms with Gasteiger partial charge in [0.05, 0.1) is 6.42 Å². The Labute approximate surface area is 250 Å². The van der Waals surface area contributed by atoms with Crippen LogP contribution in [0.1, 0.15) is 93.7 Å². The first-order chi connectivity index (χ1) is 19.7. The van der Waals surface area contributed by atoms with E-state index in [9.17, 15) is 19.2 Å². The van der Waals surface area contributed by atoms with Gasteiger partial charge in [0, 0.05) is 12.2 Å². The van der Waals surface area contributed by atoms with Gasteiger partial charge in [-0.2, -0.15) is 0 Å². The summed E-state index contributed by atoms with van der Waals surface area (Å²) in [6, 6.07) is 9.11. The molecule has 9 heteroatoms. The monoisotopic (exact) mass is 580 g/mol. The molecule has 2 atom stereocenters. The van der Waals surface area contributed by atoms with Crippen LogP contribution in [-0.2, 0) is 19.1 Å². The van der Waals surface area contributed by atoms with Gasteiger partial charge in [-0.15, -0.1) is 0 Å². The molecule has 0 spiro atoms. The van der Waals surface area contributed by atoms with Crippen LogP contribution < -0.4 is 16.4 Å². The van der Waals surface area contributed by atoms with Crippen molar-refractivity contribution in [3.63, 3.8) is 0 Å². The first-order valence-corrected chi connectivity index (χ1v) is 14.7. The number of nitrogens with two attached hydrogens (primary N) is 1. The summed E-state index contributed by atoms with van der Waals surface area (Å²) >= 11 is 0. The Morgan fingerprint density at radius 1 is 0.881 bits per heavy atom. The first-order valence-electron chi connectivity index (χ1n) is 14.7. The van der Waals surface area contributed by atoms with E-state index in [0.29, 0.717) is 17.7 Å². The zero-order valence-electron chi connectivity index (χ0n) is 26.4. The number of para-hydroxylation sites is 1. The van der Waals surface area contributed by atoms with Gasteiger partial charge in [0.2, 0.25) is 11.8 Å². The van der Waals surface area contributed by atoms with Gasteiger partial charge in [0.25, 0.3) is 5.91 Å². The number of amides is 4. The number of carbonyl (C=O) groups is 4. The molecule has 0 aromatic heterocycles. The number of unbranched alkanes of at least 4 members (excludes halogenated alkanes) is 3. The van der Waals surface area contributed by atoms with Crippen molar-refractivity contribution < 1.29 is 23.9 Å². The molecule has 4 amide bonds. The second-order valence-corrected chi connectivity index (χ2v) is 11.9. The summed E-state index contributed by atoms with van der Waals surface area (Å²) in [6.45, 7) is 15.1. The Morgan fingerprint density at radius 2 is 1.43 bits per heavy atom. The van der Waals surface area contributed by atoms with Crippen molar-refractivity contribution in [2.45, 2.75) is 105 Å². The average molecular weight is 581 g/mol. The Bertz CT molecular complexity index is 1230. The highest BCUT2D eigenvalue weighted by Crippen LogP contribution is 2.31. The third kappa shape index (κ3) is 9.89. The van der Waals surface area contributed by atoms with Crippen molar-refractivity contribution in [3.8, 4) is 0 Å². The Kier molecular flexibility index (Phi) is 12.6. The van der Waals surface area contributed by atoms with Gasteiger partial charge in [-0.25, -0.2) is 4.79 Å². The largest absolute Gasteiger partial charge is 0.444 e. The summed E-state index contributed by atoms with van der Waals surface area (Å²) in [4.78, 5) is 54.9. The number of rotatable bonds is 13. The van der Waals surface area contributed by atoms with E-state index >= 15 is 0 Å². The normalized spacial score (nSPS) is 12.7. The molecule has 4 N–H and O–H groups in total. The Morgan fingerprint density at radius 3 is 1.93 bits per heavy atom. The number of ether oxygens (including phenoxy) is 1. The number of anilines is 1. The molecule has 2 aromatic carbocycles. The van der Waals surface area contributed by atoms with Gasteiger partial charge < -0.3 is 26.0 Å². The van der Waals surface area contributed by atoms with Crippen LogP contribution in [0.3, 0.4) is 0 Å². The average Bonchev–Trinajstić information content (AvgIpc) is 2.87. The molecule has 0 fully saturated rings. The molecule has 230 valence electrons. The third-order valence-corrected chi connectivity index (χ3v) is 7.03. The van der Waals surface area contributed by atoms with E-state index in [1.807, 2.05) is 64.1 Å². The van der Waals surface area contributed by atoms with Crippen LogP contribution in [-0.4, -0.2) is 46.9 Å². The lowest BCUT2D eigenvalue weighted by Crippen LogP contribution is -2.54. The molecular weight excluding hydrogens is 532 g/mol. The highest BCUT2D eigenvalue weighted by Gasteiger charge is 2.38. The fourth-order valence-electron chi connectivity index (χ4n) is 5.02. The summed E-state index contributed by atoms with van der Waals surface area (Å²) in [7, 11) is 0. The van der Waals surface area contributed by atoms with E-state index in [1.165, 1.54) is 4.90 Å². The van der Waals surface area contributed by atoms with Gasteiger partial charge in [-0.1, -0.05) is 62.6 Å². The van der Waals surface area contributed by atoms with Crippen LogP contribution in [0.25, 0.3) is 0 Å². The Balaban J connectivity index is 2.66. The van der Waals surface area contributed by atoms with Gasteiger partial charge >= 0.3 is 6.09 Å². The van der Waals surface area contributed by atoms with Crippen molar-refractivity contribution in [2.24, 2.45) is 5.73 Å². The van der Waals surface area contributed by atoms with E-state index < -0.39 is 42.0 Å². The fourth-order valence-corrected chi connectivity index (χ4v) is 5.02. The van der Waals surface area contributed by atoms with Crippen LogP contribution >= 0.6 is 0 Å². The van der Waals surface area contributed by atoms with E-state index in [1.54, 1.807) is 20.8 Å². The molecular formula is C33H48N4O5. The second-order valence-electron chi connectivity index (χ2n) is 11.9. The minimum Gasteiger partial charge on any atom is -0.444 e. The maximum atomic E-state index is 14.3. The number of alkyl carbamates (subject to hydrolysis) is 1. The number of benzene rings is 2. The minimum absolute atomic E-state index is 0.239. The molecule has 0 heterocycles. The van der Waals surface area contributed by atoms with Crippen LogP contribution in [0.5, 0.6) is 0 Å². The molecule has 42 heavy (non-hydrogen) atoms. The van der Waals surface area contributed by atoms with E-state index in [-0.39, 0.29) is 12.5 Å². The van der Waals surface area contributed by atoms with E-state index in [4.69, 9.17) is 10.5 Å². The maximum Gasteiger partial charge on any atom is 0.408 e. The van der Waals surface area contributed by atoms with Crippen molar-refractivity contribution in [3.05, 3.63) is 64.2 Å². The Hall–Kier alpha value is -3.88. The topological polar surface area (TPSA) is 131 Å². The van der Waals surface area contributed by atoms with Gasteiger partial charge in [0.1, 0.15) is 17.7 Å². The van der Waals surface area contributed by atoms with Crippen molar-refractivity contribution in [1.29, 1.82) is 0 Å². The summed E-state index contributed by atoms with van der Waals surface area (Å²) in [5.74, 6) is -1.73. The molecule has 2 unspecified atom stereocenters. The summed E-state index contributed by atoms with van der Waals surface area (Å²) in [5.41, 5.74) is 9.54. The fraction of sp³-hybridized carbons (Fsp3) is 0.515. The smallest absolute Gasteiger partial charge is 0.408 e. The van der Waals surface area contributed by atoms with Crippen molar-refractivity contribution in [2.75, 3.05) is 11.9 Å². The second kappa shape index (κ2) is 15.4. The third-order valence-electron chi connectivity index (χ3n) is 7.03. The number of carbonyl (C=O) groups excluding carboxylic acids is 4. The van der Waals surface area contributed by atoms with Gasteiger partial charge in [-0.3, -0.25) is 14.4 Å². The molecule has 2 rings (SSSR count). The molecule has 0 bridgehead atoms. The zero-order chi connectivity index (χ0) is 31.6. The summed E-state index contributed by atoms with van der Waals surface area (Å²) < 4.78 is 5.38. The van der Waals surface area contributed by atoms with Gasteiger partial charge in [0.15, 0.2) is 0 Å². The number of nitrogens with one attached hydrogen (secondary N) is 2.